The summed E-state index contributed by atoms with van der Waals surface area (Å²) in [7, 11) is 1.72. The van der Waals surface area contributed by atoms with Crippen LogP contribution in [0, 0.1) is 5.92 Å². The number of methoxy groups -OCH3 is 1. The van der Waals surface area contributed by atoms with Gasteiger partial charge in [-0.1, -0.05) is 11.6 Å². The Morgan fingerprint density at radius 1 is 1.39 bits per heavy atom. The number of hydrogen-bond donors (Lipinski definition) is 1. The van der Waals surface area contributed by atoms with Crippen molar-refractivity contribution >= 4 is 17.5 Å². The van der Waals surface area contributed by atoms with Gasteiger partial charge in [0.2, 0.25) is 5.91 Å². The van der Waals surface area contributed by atoms with Crippen molar-refractivity contribution in [3.05, 3.63) is 11.6 Å². The Kier molecular flexibility index (Phi) is 7.05. The predicted molar refractivity (Wildman–Crippen MR) is 104 cm³/mol. The van der Waals surface area contributed by atoms with E-state index >= 15 is 0 Å². The second-order valence-electron chi connectivity index (χ2n) is 8.28. The first-order chi connectivity index (χ1) is 13.4. The van der Waals surface area contributed by atoms with Crippen LogP contribution >= 0.6 is 11.6 Å². The molecule has 8 heteroatoms. The Morgan fingerprint density at radius 3 is 2.75 bits per heavy atom. The molecule has 1 amide bonds. The standard InChI is InChI=1S/C20H32ClNO6/c1-13(2)5-6-15-19(3,28-15)18-17(24-4)14(7-8-20(18)10-27-20)26-12-25-11-22-16(23)9-21/h5,14-15,17-18H,6-12H2,1-4H3,(H,22,23)/t14-,15-,17-,18-,19+,20+/m1/s1. The molecule has 3 aliphatic rings. The SMILES string of the molecule is CO[C@@H]1[C@H](OCOCNC(=O)CCl)CC[C@]2(CO2)[C@H]1[C@@]1(C)O[C@@H]1CC=C(C)C. The number of carbonyl (C=O) groups is 1. The number of carbonyl (C=O) groups excluding carboxylic acids is 1. The van der Waals surface area contributed by atoms with Gasteiger partial charge < -0.3 is 29.0 Å². The summed E-state index contributed by atoms with van der Waals surface area (Å²) in [5.74, 6) is -0.257. The second kappa shape index (κ2) is 8.98. The third-order valence-electron chi connectivity index (χ3n) is 6.10. The van der Waals surface area contributed by atoms with E-state index in [-0.39, 0.29) is 60.7 Å². The van der Waals surface area contributed by atoms with Crippen molar-refractivity contribution in [1.29, 1.82) is 0 Å². The number of amides is 1. The number of alkyl halides is 1. The van der Waals surface area contributed by atoms with E-state index in [1.165, 1.54) is 5.57 Å². The summed E-state index contributed by atoms with van der Waals surface area (Å²) >= 11 is 5.43. The van der Waals surface area contributed by atoms with Crippen LogP contribution in [-0.2, 0) is 28.5 Å². The smallest absolute Gasteiger partial charge is 0.236 e. The van der Waals surface area contributed by atoms with Crippen LogP contribution in [0.4, 0.5) is 0 Å². The monoisotopic (exact) mass is 417 g/mol. The van der Waals surface area contributed by atoms with Crippen molar-refractivity contribution in [2.45, 2.75) is 69.5 Å². The van der Waals surface area contributed by atoms with Gasteiger partial charge in [-0.2, -0.15) is 0 Å². The Balaban J connectivity index is 1.58. The summed E-state index contributed by atoms with van der Waals surface area (Å²) in [6, 6.07) is 0. The molecule has 1 spiro atoms. The number of halogens is 1. The van der Waals surface area contributed by atoms with E-state index < -0.39 is 0 Å². The molecule has 3 rings (SSSR count). The molecule has 28 heavy (non-hydrogen) atoms. The summed E-state index contributed by atoms with van der Waals surface area (Å²) in [5, 5.41) is 2.54. The van der Waals surface area contributed by atoms with Gasteiger partial charge in [0, 0.05) is 7.11 Å². The number of hydrogen-bond acceptors (Lipinski definition) is 6. The number of epoxide rings is 2. The van der Waals surface area contributed by atoms with Crippen molar-refractivity contribution in [1.82, 2.24) is 5.32 Å². The highest BCUT2D eigenvalue weighted by Gasteiger charge is 2.71. The second-order valence-corrected chi connectivity index (χ2v) is 8.55. The molecule has 6 atom stereocenters. The molecular formula is C20H32ClNO6. The van der Waals surface area contributed by atoms with E-state index in [1.54, 1.807) is 7.11 Å². The lowest BCUT2D eigenvalue weighted by molar-refractivity contribution is -0.178. The van der Waals surface area contributed by atoms with Gasteiger partial charge in [0.15, 0.2) is 0 Å². The predicted octanol–water partition coefficient (Wildman–Crippen LogP) is 2.37. The van der Waals surface area contributed by atoms with Gasteiger partial charge in [-0.05, 0) is 40.0 Å². The van der Waals surface area contributed by atoms with Gasteiger partial charge in [0.25, 0.3) is 0 Å². The Hall–Kier alpha value is -0.700. The quantitative estimate of drug-likeness (QED) is 0.193. The van der Waals surface area contributed by atoms with Crippen LogP contribution in [0.3, 0.4) is 0 Å². The zero-order valence-corrected chi connectivity index (χ0v) is 17.9. The maximum Gasteiger partial charge on any atom is 0.236 e. The number of nitrogens with one attached hydrogen (secondary N) is 1. The lowest BCUT2D eigenvalue weighted by Gasteiger charge is -2.43. The average molecular weight is 418 g/mol. The molecule has 0 aromatic carbocycles. The van der Waals surface area contributed by atoms with Gasteiger partial charge in [-0.25, -0.2) is 0 Å². The van der Waals surface area contributed by atoms with E-state index in [4.69, 9.17) is 35.3 Å². The lowest BCUT2D eigenvalue weighted by Crippen LogP contribution is -2.55. The molecule has 2 saturated heterocycles. The fourth-order valence-electron chi connectivity index (χ4n) is 4.48. The third-order valence-corrected chi connectivity index (χ3v) is 6.34. The highest BCUT2D eigenvalue weighted by atomic mass is 35.5. The maximum atomic E-state index is 11.1. The molecule has 3 fully saturated rings. The summed E-state index contributed by atoms with van der Waals surface area (Å²) in [6.45, 7) is 7.26. The number of allylic oxidation sites excluding steroid dienone is 1. The first-order valence-corrected chi connectivity index (χ1v) is 10.4. The minimum Gasteiger partial charge on any atom is -0.378 e. The molecule has 0 aromatic heterocycles. The Labute approximate surface area is 172 Å². The van der Waals surface area contributed by atoms with Crippen molar-refractivity contribution in [2.24, 2.45) is 5.92 Å². The van der Waals surface area contributed by atoms with Gasteiger partial charge >= 0.3 is 0 Å². The molecule has 1 N–H and O–H groups in total. The van der Waals surface area contributed by atoms with Crippen LogP contribution in [0.2, 0.25) is 0 Å². The van der Waals surface area contributed by atoms with E-state index in [1.807, 2.05) is 0 Å². The zero-order chi connectivity index (χ0) is 20.4. The van der Waals surface area contributed by atoms with Crippen LogP contribution in [0.15, 0.2) is 11.6 Å². The van der Waals surface area contributed by atoms with Crippen molar-refractivity contribution < 1.29 is 28.5 Å². The highest BCUT2D eigenvalue weighted by Crippen LogP contribution is 2.59. The molecule has 2 aliphatic heterocycles. The van der Waals surface area contributed by atoms with Crippen LogP contribution in [0.1, 0.15) is 40.0 Å². The first-order valence-electron chi connectivity index (χ1n) is 9.86. The molecule has 160 valence electrons. The normalized spacial score (nSPS) is 38.9. The Morgan fingerprint density at radius 2 is 2.14 bits per heavy atom. The first kappa shape index (κ1) is 22.0. The minimum absolute atomic E-state index is 0.0675. The highest BCUT2D eigenvalue weighted by molar-refractivity contribution is 6.27. The van der Waals surface area contributed by atoms with Crippen LogP contribution in [0.5, 0.6) is 0 Å². The minimum atomic E-state index is -0.277. The van der Waals surface area contributed by atoms with Crippen molar-refractivity contribution in [3.8, 4) is 0 Å². The van der Waals surface area contributed by atoms with Crippen LogP contribution in [-0.4, -0.2) is 68.5 Å². The molecule has 0 bridgehead atoms. The molecule has 0 radical (unpaired) electrons. The molecule has 0 aromatic rings. The largest absolute Gasteiger partial charge is 0.378 e. The average Bonchev–Trinajstić information content (AvgIpc) is 3.58. The molecule has 1 aliphatic carbocycles. The van der Waals surface area contributed by atoms with Crippen molar-refractivity contribution in [2.75, 3.05) is 33.1 Å². The van der Waals surface area contributed by atoms with Gasteiger partial charge in [0.05, 0.1) is 36.4 Å². The summed E-state index contributed by atoms with van der Waals surface area (Å²) in [6.07, 6.45) is 4.79. The van der Waals surface area contributed by atoms with Crippen LogP contribution in [0.25, 0.3) is 0 Å². The van der Waals surface area contributed by atoms with Gasteiger partial charge in [0.1, 0.15) is 25.0 Å². The van der Waals surface area contributed by atoms with Crippen LogP contribution < -0.4 is 5.32 Å². The fraction of sp³-hybridized carbons (Fsp3) is 0.850. The Bertz CT molecular complexity index is 591. The molecule has 0 unspecified atom stereocenters. The van der Waals surface area contributed by atoms with E-state index in [0.29, 0.717) is 0 Å². The molecular weight excluding hydrogens is 386 g/mol. The summed E-state index contributed by atoms with van der Waals surface area (Å²) in [5.41, 5.74) is 0.853. The van der Waals surface area contributed by atoms with E-state index in [9.17, 15) is 4.79 Å². The number of ether oxygens (including phenoxy) is 5. The fourth-order valence-corrected chi connectivity index (χ4v) is 4.57. The van der Waals surface area contributed by atoms with Gasteiger partial charge in [-0.15, -0.1) is 11.6 Å². The molecule has 7 nitrogen and oxygen atoms in total. The van der Waals surface area contributed by atoms with E-state index in [2.05, 4.69) is 32.2 Å². The topological polar surface area (TPSA) is 81.8 Å². The maximum absolute atomic E-state index is 11.1. The molecule has 2 heterocycles. The van der Waals surface area contributed by atoms with Gasteiger partial charge in [-0.3, -0.25) is 4.79 Å². The van der Waals surface area contributed by atoms with Crippen molar-refractivity contribution in [3.63, 3.8) is 0 Å². The molecule has 1 saturated carbocycles. The number of rotatable bonds is 10. The summed E-state index contributed by atoms with van der Waals surface area (Å²) in [4.78, 5) is 11.1. The summed E-state index contributed by atoms with van der Waals surface area (Å²) < 4.78 is 29.3. The third kappa shape index (κ3) is 4.71. The lowest BCUT2D eigenvalue weighted by atomic mass is 9.68. The zero-order valence-electron chi connectivity index (χ0n) is 17.2. The van der Waals surface area contributed by atoms with E-state index in [0.717, 1.165) is 25.9 Å².